The van der Waals surface area contributed by atoms with Crippen LogP contribution in [0.4, 0.5) is 9.59 Å². The summed E-state index contributed by atoms with van der Waals surface area (Å²) in [5, 5.41) is 9.28. The number of carbonyl (C=O) groups excluding carboxylic acids is 2. The molecular formula is C29H41N3O11S2. The van der Waals surface area contributed by atoms with E-state index in [1.54, 1.807) is 54.5 Å². The predicted molar refractivity (Wildman–Crippen MR) is 164 cm³/mol. The topological polar surface area (TPSA) is 179 Å². The number of carbonyl (C=O) groups is 2. The van der Waals surface area contributed by atoms with Gasteiger partial charge in [-0.15, -0.1) is 4.90 Å². The van der Waals surface area contributed by atoms with Gasteiger partial charge in [0, 0.05) is 25.8 Å². The van der Waals surface area contributed by atoms with E-state index < -0.39 is 54.2 Å². The summed E-state index contributed by atoms with van der Waals surface area (Å²) < 4.78 is 71.6. The number of hydrogen-bond donors (Lipinski definition) is 1. The molecule has 16 heteroatoms. The van der Waals surface area contributed by atoms with Gasteiger partial charge in [0.25, 0.3) is 0 Å². The number of benzene rings is 2. The second kappa shape index (κ2) is 14.5. The van der Waals surface area contributed by atoms with Crippen LogP contribution in [0.5, 0.6) is 11.5 Å². The van der Waals surface area contributed by atoms with Gasteiger partial charge in [0.1, 0.15) is 27.6 Å². The smallest absolute Gasteiger partial charge is 0.427 e. The van der Waals surface area contributed by atoms with Gasteiger partial charge in [0.2, 0.25) is 5.96 Å². The molecule has 0 saturated heterocycles. The lowest BCUT2D eigenvalue weighted by Crippen LogP contribution is -2.51. The second-order valence-corrected chi connectivity index (χ2v) is 15.4. The first-order valence-electron chi connectivity index (χ1n) is 13.7. The molecule has 45 heavy (non-hydrogen) atoms. The van der Waals surface area contributed by atoms with E-state index in [1.165, 1.54) is 37.4 Å². The van der Waals surface area contributed by atoms with Crippen LogP contribution >= 0.6 is 0 Å². The highest BCUT2D eigenvalue weighted by molar-refractivity contribution is 7.92. The van der Waals surface area contributed by atoms with Crippen molar-refractivity contribution in [3.63, 3.8) is 0 Å². The minimum absolute atomic E-state index is 0.00118. The van der Waals surface area contributed by atoms with Crippen molar-refractivity contribution >= 4 is 38.1 Å². The lowest BCUT2D eigenvalue weighted by atomic mass is 10.2. The van der Waals surface area contributed by atoms with Crippen LogP contribution in [0.2, 0.25) is 0 Å². The number of guanidine groups is 1. The molecule has 2 aromatic carbocycles. The van der Waals surface area contributed by atoms with E-state index in [9.17, 15) is 26.4 Å². The van der Waals surface area contributed by atoms with E-state index in [-0.39, 0.29) is 36.0 Å². The quantitative estimate of drug-likeness (QED) is 0.119. The third-order valence-electron chi connectivity index (χ3n) is 5.25. The Bertz CT molecular complexity index is 1580. The Balaban J connectivity index is 2.04. The van der Waals surface area contributed by atoms with E-state index in [0.29, 0.717) is 10.5 Å². The van der Waals surface area contributed by atoms with E-state index in [1.807, 2.05) is 0 Å². The molecule has 0 saturated carbocycles. The Morgan fingerprint density at radius 3 is 1.84 bits per heavy atom. The highest BCUT2D eigenvalue weighted by atomic mass is 32.2. The molecule has 14 nitrogen and oxygen atoms in total. The zero-order valence-corrected chi connectivity index (χ0v) is 28.5. The zero-order chi connectivity index (χ0) is 34.4. The van der Waals surface area contributed by atoms with Crippen LogP contribution < -0.4 is 8.92 Å². The summed E-state index contributed by atoms with van der Waals surface area (Å²) in [4.78, 5) is 30.5. The largest absolute Gasteiger partial charge is 0.493 e. The van der Waals surface area contributed by atoms with Gasteiger partial charge in [-0.05, 0) is 78.3 Å². The third-order valence-corrected chi connectivity index (χ3v) is 7.84. The maximum Gasteiger partial charge on any atom is 0.427 e. The summed E-state index contributed by atoms with van der Waals surface area (Å²) in [6, 6.07) is 9.58. The third kappa shape index (κ3) is 11.9. The van der Waals surface area contributed by atoms with Gasteiger partial charge in [0.05, 0.1) is 18.1 Å². The molecule has 0 aromatic heterocycles. The molecule has 0 aliphatic rings. The highest BCUT2D eigenvalue weighted by Crippen LogP contribution is 2.28. The summed E-state index contributed by atoms with van der Waals surface area (Å²) >= 11 is 0. The molecule has 0 heterocycles. The van der Waals surface area contributed by atoms with Crippen molar-refractivity contribution in [2.75, 3.05) is 26.5 Å². The van der Waals surface area contributed by atoms with Crippen molar-refractivity contribution in [3.05, 3.63) is 48.0 Å². The number of amides is 2. The summed E-state index contributed by atoms with van der Waals surface area (Å²) in [5.41, 5.74) is -1.28. The molecule has 0 unspecified atom stereocenters. The van der Waals surface area contributed by atoms with Gasteiger partial charge in [0.15, 0.2) is 9.84 Å². The maximum atomic E-state index is 13.0. The number of imide groups is 1. The molecule has 0 fully saturated rings. The fourth-order valence-corrected chi connectivity index (χ4v) is 6.01. The van der Waals surface area contributed by atoms with Gasteiger partial charge >= 0.3 is 22.3 Å². The molecule has 0 bridgehead atoms. The average Bonchev–Trinajstić information content (AvgIpc) is 2.85. The van der Waals surface area contributed by atoms with Crippen molar-refractivity contribution in [1.29, 1.82) is 5.41 Å². The van der Waals surface area contributed by atoms with E-state index in [2.05, 4.69) is 0 Å². The van der Waals surface area contributed by atoms with Gasteiger partial charge in [-0.25, -0.2) is 23.1 Å². The van der Waals surface area contributed by atoms with Crippen LogP contribution in [0.3, 0.4) is 0 Å². The molecule has 2 amide bonds. The molecule has 1 N–H and O–H groups in total. The Kier molecular flexibility index (Phi) is 12.0. The molecule has 0 radical (unpaired) electrons. The lowest BCUT2D eigenvalue weighted by molar-refractivity contribution is -0.0928. The zero-order valence-electron chi connectivity index (χ0n) is 26.9. The fourth-order valence-electron chi connectivity index (χ4n) is 3.50. The molecule has 0 aliphatic heterocycles. The maximum absolute atomic E-state index is 13.0. The number of hydroxylamine groups is 2. The lowest BCUT2D eigenvalue weighted by Gasteiger charge is -2.31. The number of ether oxygens (including phenoxy) is 3. The Morgan fingerprint density at radius 1 is 0.822 bits per heavy atom. The van der Waals surface area contributed by atoms with E-state index in [4.69, 9.17) is 28.6 Å². The first kappa shape index (κ1) is 37.3. The van der Waals surface area contributed by atoms with Crippen molar-refractivity contribution in [3.8, 4) is 11.5 Å². The minimum atomic E-state index is -4.50. The summed E-state index contributed by atoms with van der Waals surface area (Å²) in [7, 11) is -7.01. The van der Waals surface area contributed by atoms with E-state index in [0.717, 1.165) is 17.4 Å². The molecule has 0 spiro atoms. The van der Waals surface area contributed by atoms with Gasteiger partial charge < -0.3 is 18.4 Å². The monoisotopic (exact) mass is 671 g/mol. The predicted octanol–water partition coefficient (Wildman–Crippen LogP) is 4.91. The van der Waals surface area contributed by atoms with Crippen LogP contribution in [-0.4, -0.2) is 82.7 Å². The van der Waals surface area contributed by atoms with Crippen LogP contribution in [0.1, 0.15) is 53.5 Å². The molecule has 2 rings (SSSR count). The highest BCUT2D eigenvalue weighted by Gasteiger charge is 2.36. The normalized spacial score (nSPS) is 12.2. The average molecular weight is 672 g/mol. The second-order valence-electron chi connectivity index (χ2n) is 11.9. The molecule has 250 valence electrons. The molecular weight excluding hydrogens is 630 g/mol. The minimum Gasteiger partial charge on any atom is -0.493 e. The van der Waals surface area contributed by atoms with Crippen LogP contribution in [0.15, 0.2) is 52.3 Å². The van der Waals surface area contributed by atoms with Crippen LogP contribution in [-0.2, 0) is 34.3 Å². The van der Waals surface area contributed by atoms with Crippen molar-refractivity contribution < 1.29 is 49.7 Å². The SMILES string of the molecule is Cc1cc(OCCCON(C)C(=N)N(C(=O)OC(C)(C)C)C(=O)OC(C)(C)C)cc(OS(=O)(=O)c2ccccc2S(C)(=O)=O)c1. The number of nitrogens with one attached hydrogen (secondary N) is 1. The number of rotatable bonds is 10. The van der Waals surface area contributed by atoms with Crippen LogP contribution in [0, 0.1) is 12.3 Å². The van der Waals surface area contributed by atoms with Gasteiger partial charge in [-0.1, -0.05) is 12.1 Å². The van der Waals surface area contributed by atoms with Crippen molar-refractivity contribution in [2.45, 2.75) is 75.9 Å². The van der Waals surface area contributed by atoms with Gasteiger partial charge in [-0.2, -0.15) is 8.42 Å². The summed E-state index contributed by atoms with van der Waals surface area (Å²) in [5.74, 6) is -0.445. The van der Waals surface area contributed by atoms with Crippen LogP contribution in [0.25, 0.3) is 0 Å². The van der Waals surface area contributed by atoms with Gasteiger partial charge in [-0.3, -0.25) is 10.2 Å². The number of nitrogens with zero attached hydrogens (tertiary/aromatic N) is 2. The fraction of sp³-hybridized carbons (Fsp3) is 0.483. The molecule has 2 aromatic rings. The number of sulfone groups is 1. The summed E-state index contributed by atoms with van der Waals surface area (Å²) in [6.45, 7) is 11.5. The van der Waals surface area contributed by atoms with Crippen molar-refractivity contribution in [2.24, 2.45) is 0 Å². The standard InChI is InChI=1S/C29H41N3O11S2/c1-20-17-21(19-22(18-20)43-45(37,38)24-14-11-10-13-23(24)44(9,35)36)39-15-12-16-40-31(8)25(30)32(26(33)41-28(2,3)4)27(34)42-29(5,6)7/h10-11,13-14,17-19,30H,12,15-16H2,1-9H3. The summed E-state index contributed by atoms with van der Waals surface area (Å²) in [6.07, 6.45) is -1.04. The number of hydrogen-bond acceptors (Lipinski definition) is 12. The Morgan fingerprint density at radius 2 is 1.33 bits per heavy atom. The molecule has 0 atom stereocenters. The first-order chi connectivity index (χ1) is 20.5. The Hall–Kier alpha value is -3.89. The van der Waals surface area contributed by atoms with E-state index >= 15 is 0 Å². The molecule has 0 aliphatic carbocycles. The first-order valence-corrected chi connectivity index (χ1v) is 17.0. The Labute approximate surface area is 264 Å². The van der Waals surface area contributed by atoms with Crippen molar-refractivity contribution in [1.82, 2.24) is 9.96 Å². The number of aryl methyl sites for hydroxylation is 1.